The zero-order valence-electron chi connectivity index (χ0n) is 13.1. The van der Waals surface area contributed by atoms with Crippen LogP contribution in [0.2, 0.25) is 5.02 Å². The largest absolute Gasteiger partial charge is 0.385 e. The van der Waals surface area contributed by atoms with Crippen molar-refractivity contribution in [2.75, 3.05) is 27.3 Å². The summed E-state index contributed by atoms with van der Waals surface area (Å²) in [6.45, 7) is 2.32. The summed E-state index contributed by atoms with van der Waals surface area (Å²) in [5, 5.41) is 5.30. The van der Waals surface area contributed by atoms with Crippen molar-refractivity contribution in [2.24, 2.45) is 7.05 Å². The summed E-state index contributed by atoms with van der Waals surface area (Å²) in [4.78, 5) is 2.16. The number of ether oxygens (including phenoxy) is 1. The fraction of sp³-hybridized carbons (Fsp3) is 0.467. The molecule has 0 spiro atoms. The van der Waals surface area contributed by atoms with Crippen LogP contribution in [0.5, 0.6) is 0 Å². The summed E-state index contributed by atoms with van der Waals surface area (Å²) in [6, 6.07) is 7.66. The van der Waals surface area contributed by atoms with Gasteiger partial charge < -0.3 is 9.30 Å². The molecule has 120 valence electrons. The van der Waals surface area contributed by atoms with E-state index >= 15 is 0 Å². The van der Waals surface area contributed by atoms with Crippen LogP contribution >= 0.6 is 23.8 Å². The number of rotatable bonds is 7. The molecule has 5 nitrogen and oxygen atoms in total. The van der Waals surface area contributed by atoms with Crippen molar-refractivity contribution >= 4 is 23.8 Å². The second-order valence-electron chi connectivity index (χ2n) is 5.21. The predicted molar refractivity (Wildman–Crippen MR) is 91.6 cm³/mol. The van der Waals surface area contributed by atoms with Crippen molar-refractivity contribution < 1.29 is 4.74 Å². The fourth-order valence-corrected chi connectivity index (χ4v) is 2.64. The molecule has 2 rings (SSSR count). The van der Waals surface area contributed by atoms with E-state index in [0.717, 1.165) is 31.0 Å². The molecule has 1 aromatic heterocycles. The van der Waals surface area contributed by atoms with Crippen LogP contribution in [-0.4, -0.2) is 46.6 Å². The van der Waals surface area contributed by atoms with Crippen LogP contribution in [0.4, 0.5) is 0 Å². The standard InChI is InChI=1S/C15H21ClN4OS/c1-18(9-6-10-21-3)11-20-15(22)19(2)14(17-20)12-7-4-5-8-13(12)16/h4-5,7-8H,6,9-11H2,1-3H3. The zero-order chi connectivity index (χ0) is 16.1. The Labute approximate surface area is 141 Å². The first-order chi connectivity index (χ1) is 10.5. The van der Waals surface area contributed by atoms with Gasteiger partial charge in [0.05, 0.1) is 11.7 Å². The molecular weight excluding hydrogens is 320 g/mol. The van der Waals surface area contributed by atoms with E-state index < -0.39 is 0 Å². The average molecular weight is 341 g/mol. The van der Waals surface area contributed by atoms with E-state index in [1.165, 1.54) is 0 Å². The highest BCUT2D eigenvalue weighted by Gasteiger charge is 2.13. The van der Waals surface area contributed by atoms with Gasteiger partial charge in [-0.3, -0.25) is 4.90 Å². The first-order valence-corrected chi connectivity index (χ1v) is 7.89. The molecule has 0 unspecified atom stereocenters. The molecule has 0 aliphatic rings. The number of hydrogen-bond acceptors (Lipinski definition) is 4. The predicted octanol–water partition coefficient (Wildman–Crippen LogP) is 3.20. The number of halogens is 1. The molecule has 0 saturated heterocycles. The Hall–Kier alpha value is -1.21. The van der Waals surface area contributed by atoms with Crippen molar-refractivity contribution in [3.8, 4) is 11.4 Å². The Morgan fingerprint density at radius 2 is 2.09 bits per heavy atom. The van der Waals surface area contributed by atoms with Crippen molar-refractivity contribution in [1.82, 2.24) is 19.2 Å². The zero-order valence-corrected chi connectivity index (χ0v) is 14.7. The summed E-state index contributed by atoms with van der Waals surface area (Å²) in [5.74, 6) is 0.779. The molecule has 1 aromatic carbocycles. The third-order valence-electron chi connectivity index (χ3n) is 3.42. The Kier molecular flexibility index (Phi) is 6.14. The molecule has 0 atom stereocenters. The molecule has 22 heavy (non-hydrogen) atoms. The highest BCUT2D eigenvalue weighted by molar-refractivity contribution is 7.71. The quantitative estimate of drug-likeness (QED) is 0.572. The first-order valence-electron chi connectivity index (χ1n) is 7.10. The third-order valence-corrected chi connectivity index (χ3v) is 4.23. The maximum Gasteiger partial charge on any atom is 0.199 e. The Morgan fingerprint density at radius 1 is 1.36 bits per heavy atom. The van der Waals surface area contributed by atoms with Crippen LogP contribution in [0.25, 0.3) is 11.4 Å². The summed E-state index contributed by atoms with van der Waals surface area (Å²) in [5.41, 5.74) is 0.888. The second-order valence-corrected chi connectivity index (χ2v) is 5.98. The molecule has 0 fully saturated rings. The highest BCUT2D eigenvalue weighted by atomic mass is 35.5. The fourth-order valence-electron chi connectivity index (χ4n) is 2.24. The van der Waals surface area contributed by atoms with Gasteiger partial charge in [0.25, 0.3) is 0 Å². The van der Waals surface area contributed by atoms with Gasteiger partial charge in [0.1, 0.15) is 0 Å². The molecular formula is C15H21ClN4OS. The maximum absolute atomic E-state index is 6.26. The summed E-state index contributed by atoms with van der Waals surface area (Å²) < 4.78 is 9.46. The monoisotopic (exact) mass is 340 g/mol. The van der Waals surface area contributed by atoms with Crippen LogP contribution in [0.15, 0.2) is 24.3 Å². The van der Waals surface area contributed by atoms with Crippen molar-refractivity contribution in [3.63, 3.8) is 0 Å². The van der Waals surface area contributed by atoms with Crippen molar-refractivity contribution in [2.45, 2.75) is 13.1 Å². The van der Waals surface area contributed by atoms with Gasteiger partial charge in [-0.1, -0.05) is 23.7 Å². The molecule has 0 bridgehead atoms. The third kappa shape index (κ3) is 3.95. The second kappa shape index (κ2) is 7.87. The Balaban J connectivity index is 2.20. The lowest BCUT2D eigenvalue weighted by Gasteiger charge is -2.15. The van der Waals surface area contributed by atoms with E-state index in [1.807, 2.05) is 47.6 Å². The van der Waals surface area contributed by atoms with E-state index in [2.05, 4.69) is 10.00 Å². The van der Waals surface area contributed by atoms with Gasteiger partial charge in [-0.05, 0) is 37.8 Å². The van der Waals surface area contributed by atoms with Crippen LogP contribution in [0.1, 0.15) is 6.42 Å². The van der Waals surface area contributed by atoms with Gasteiger partial charge in [0.2, 0.25) is 0 Å². The van der Waals surface area contributed by atoms with Gasteiger partial charge in [-0.15, -0.1) is 0 Å². The van der Waals surface area contributed by atoms with Crippen LogP contribution in [0.3, 0.4) is 0 Å². The van der Waals surface area contributed by atoms with Crippen LogP contribution in [0, 0.1) is 4.77 Å². The van der Waals surface area contributed by atoms with Crippen molar-refractivity contribution in [3.05, 3.63) is 34.1 Å². The highest BCUT2D eigenvalue weighted by Crippen LogP contribution is 2.25. The number of hydrogen-bond donors (Lipinski definition) is 0. The molecule has 7 heteroatoms. The molecule has 0 amide bonds. The van der Waals surface area contributed by atoms with E-state index in [1.54, 1.807) is 7.11 Å². The number of aromatic nitrogens is 3. The molecule has 0 N–H and O–H groups in total. The minimum atomic E-state index is 0.640. The molecule has 0 aliphatic heterocycles. The molecule has 0 radical (unpaired) electrons. The van der Waals surface area contributed by atoms with Gasteiger partial charge in [-0.2, -0.15) is 5.10 Å². The minimum absolute atomic E-state index is 0.640. The topological polar surface area (TPSA) is 35.2 Å². The number of methoxy groups -OCH3 is 1. The van der Waals surface area contributed by atoms with E-state index in [4.69, 9.17) is 28.6 Å². The van der Waals surface area contributed by atoms with Gasteiger partial charge >= 0.3 is 0 Å². The van der Waals surface area contributed by atoms with Gasteiger partial charge in [0.15, 0.2) is 10.6 Å². The van der Waals surface area contributed by atoms with Crippen molar-refractivity contribution in [1.29, 1.82) is 0 Å². The molecule has 0 aliphatic carbocycles. The number of nitrogens with zero attached hydrogens (tertiary/aromatic N) is 4. The lowest BCUT2D eigenvalue weighted by molar-refractivity contribution is 0.168. The van der Waals surface area contributed by atoms with Crippen LogP contribution in [-0.2, 0) is 18.5 Å². The SMILES string of the molecule is COCCCN(C)Cn1nc(-c2ccccc2Cl)n(C)c1=S. The van der Waals surface area contributed by atoms with E-state index in [-0.39, 0.29) is 0 Å². The number of benzene rings is 1. The summed E-state index contributed by atoms with van der Waals surface area (Å²) in [6.07, 6.45) is 0.977. The van der Waals surface area contributed by atoms with Gasteiger partial charge in [0, 0.05) is 32.9 Å². The Morgan fingerprint density at radius 3 is 2.77 bits per heavy atom. The lowest BCUT2D eigenvalue weighted by Crippen LogP contribution is -2.24. The summed E-state index contributed by atoms with van der Waals surface area (Å²) >= 11 is 11.7. The first kappa shape index (κ1) is 17.1. The lowest BCUT2D eigenvalue weighted by atomic mass is 10.2. The Bertz CT molecular complexity index is 682. The normalized spacial score (nSPS) is 11.3. The van der Waals surface area contributed by atoms with Crippen LogP contribution < -0.4 is 0 Å². The average Bonchev–Trinajstić information content (AvgIpc) is 2.76. The molecule has 1 heterocycles. The molecule has 2 aromatic rings. The van der Waals surface area contributed by atoms with E-state index in [9.17, 15) is 0 Å². The van der Waals surface area contributed by atoms with E-state index in [0.29, 0.717) is 16.5 Å². The molecule has 0 saturated carbocycles. The minimum Gasteiger partial charge on any atom is -0.385 e. The smallest absolute Gasteiger partial charge is 0.199 e. The maximum atomic E-state index is 6.26. The summed E-state index contributed by atoms with van der Waals surface area (Å²) in [7, 11) is 5.67. The van der Waals surface area contributed by atoms with Gasteiger partial charge in [-0.25, -0.2) is 4.68 Å².